The molecule has 1 atom stereocenters. The van der Waals surface area contributed by atoms with Gasteiger partial charge in [-0.25, -0.2) is 9.80 Å². The minimum absolute atomic E-state index is 0.0759. The Labute approximate surface area is 212 Å². The van der Waals surface area contributed by atoms with Crippen molar-refractivity contribution < 1.29 is 19.1 Å². The number of piperidine rings is 1. The molecule has 36 heavy (non-hydrogen) atoms. The maximum absolute atomic E-state index is 12.7. The van der Waals surface area contributed by atoms with E-state index >= 15 is 0 Å². The number of nitrogens with one attached hydrogen (secondary N) is 2. The number of amides is 3. The van der Waals surface area contributed by atoms with Crippen LogP contribution in [0.1, 0.15) is 36.5 Å². The van der Waals surface area contributed by atoms with Crippen LogP contribution in [0.15, 0.2) is 41.5 Å². The second-order valence-electron chi connectivity index (χ2n) is 9.19. The molecule has 0 saturated carbocycles. The van der Waals surface area contributed by atoms with Crippen molar-refractivity contribution in [2.75, 3.05) is 46.3 Å². The second-order valence-corrected chi connectivity index (χ2v) is 9.19. The van der Waals surface area contributed by atoms with Gasteiger partial charge in [-0.3, -0.25) is 4.79 Å². The summed E-state index contributed by atoms with van der Waals surface area (Å²) in [4.78, 5) is 27.0. The molecule has 2 aliphatic heterocycles. The number of fused-ring (bicyclic) bond motifs is 1. The summed E-state index contributed by atoms with van der Waals surface area (Å²) in [6, 6.07) is 11.7. The van der Waals surface area contributed by atoms with Gasteiger partial charge in [0.15, 0.2) is 11.5 Å². The zero-order chi connectivity index (χ0) is 25.8. The van der Waals surface area contributed by atoms with Crippen molar-refractivity contribution in [1.82, 2.24) is 15.6 Å². The van der Waals surface area contributed by atoms with E-state index in [-0.39, 0.29) is 23.9 Å². The van der Waals surface area contributed by atoms with Gasteiger partial charge in [0.2, 0.25) is 5.91 Å². The fourth-order valence-corrected chi connectivity index (χ4v) is 4.98. The highest BCUT2D eigenvalue weighted by Crippen LogP contribution is 2.35. The molecular weight excluding hydrogens is 458 g/mol. The lowest BCUT2D eigenvalue weighted by Gasteiger charge is -2.33. The van der Waals surface area contributed by atoms with Gasteiger partial charge < -0.3 is 25.0 Å². The summed E-state index contributed by atoms with van der Waals surface area (Å²) in [5, 5.41) is 11.8. The van der Waals surface area contributed by atoms with Crippen LogP contribution in [0.4, 0.5) is 10.5 Å². The van der Waals surface area contributed by atoms with Crippen molar-refractivity contribution in [1.29, 1.82) is 0 Å². The third-order valence-corrected chi connectivity index (χ3v) is 7.05. The van der Waals surface area contributed by atoms with E-state index in [1.54, 1.807) is 28.3 Å². The van der Waals surface area contributed by atoms with E-state index in [4.69, 9.17) is 14.6 Å². The van der Waals surface area contributed by atoms with Gasteiger partial charge in [-0.1, -0.05) is 12.1 Å². The first kappa shape index (κ1) is 25.3. The topological polar surface area (TPSA) is 95.5 Å². The predicted octanol–water partition coefficient (Wildman–Crippen LogP) is 3.00. The van der Waals surface area contributed by atoms with Crippen molar-refractivity contribution >= 4 is 23.3 Å². The molecule has 4 rings (SSSR count). The Hall–Kier alpha value is -3.75. The Balaban J connectivity index is 1.69. The minimum atomic E-state index is -0.262. The lowest BCUT2D eigenvalue weighted by Crippen LogP contribution is -2.41. The van der Waals surface area contributed by atoms with Crippen molar-refractivity contribution in [2.45, 2.75) is 32.2 Å². The van der Waals surface area contributed by atoms with Gasteiger partial charge in [0, 0.05) is 49.9 Å². The summed E-state index contributed by atoms with van der Waals surface area (Å²) in [5.74, 6) is 1.45. The molecule has 0 aromatic heterocycles. The molecule has 3 amide bonds. The van der Waals surface area contributed by atoms with Crippen molar-refractivity contribution in [2.24, 2.45) is 11.0 Å². The van der Waals surface area contributed by atoms with E-state index < -0.39 is 0 Å². The Bertz CT molecular complexity index is 1140. The largest absolute Gasteiger partial charge is 0.493 e. The number of nitrogens with zero attached hydrogens (tertiary/aromatic N) is 3. The van der Waals surface area contributed by atoms with E-state index in [0.29, 0.717) is 23.6 Å². The normalized spacial score (nSPS) is 18.0. The van der Waals surface area contributed by atoms with Crippen LogP contribution in [0.25, 0.3) is 0 Å². The number of ether oxygens (including phenoxy) is 2. The van der Waals surface area contributed by atoms with Gasteiger partial charge >= 0.3 is 6.03 Å². The fourth-order valence-electron chi connectivity index (χ4n) is 4.98. The van der Waals surface area contributed by atoms with Crippen LogP contribution in [-0.4, -0.2) is 70.1 Å². The molecule has 0 spiro atoms. The summed E-state index contributed by atoms with van der Waals surface area (Å²) in [5.41, 5.74) is 4.64. The van der Waals surface area contributed by atoms with Crippen molar-refractivity contribution in [3.05, 3.63) is 53.1 Å². The van der Waals surface area contributed by atoms with Gasteiger partial charge in [-0.2, -0.15) is 5.10 Å². The maximum Gasteiger partial charge on any atom is 0.337 e. The Morgan fingerprint density at radius 3 is 2.19 bits per heavy atom. The van der Waals surface area contributed by atoms with Gasteiger partial charge in [0.05, 0.1) is 26.0 Å². The second kappa shape index (κ2) is 10.9. The van der Waals surface area contributed by atoms with E-state index in [1.165, 1.54) is 5.01 Å². The SMILES string of the molecule is CNC(=O)C1CCN(c2ccc(C3=NN(C(=O)NC)[C@@H](C)Cc4cc(OC)c(OC)cc43)cc2)CC1. The number of hydrogen-bond donors (Lipinski definition) is 2. The summed E-state index contributed by atoms with van der Waals surface area (Å²) < 4.78 is 11.1. The first-order valence-corrected chi connectivity index (χ1v) is 12.3. The Morgan fingerprint density at radius 1 is 0.972 bits per heavy atom. The molecule has 2 aromatic rings. The highest BCUT2D eigenvalue weighted by molar-refractivity contribution is 6.14. The molecule has 9 nitrogen and oxygen atoms in total. The number of anilines is 1. The summed E-state index contributed by atoms with van der Waals surface area (Å²) in [7, 11) is 6.53. The zero-order valence-electron chi connectivity index (χ0n) is 21.6. The van der Waals surface area contributed by atoms with E-state index in [9.17, 15) is 9.59 Å². The molecule has 0 radical (unpaired) electrons. The number of hydrogen-bond acceptors (Lipinski definition) is 6. The monoisotopic (exact) mass is 493 g/mol. The molecule has 2 aliphatic rings. The molecule has 1 fully saturated rings. The van der Waals surface area contributed by atoms with Gasteiger partial charge in [0.25, 0.3) is 0 Å². The molecule has 2 heterocycles. The minimum Gasteiger partial charge on any atom is -0.493 e. The van der Waals surface area contributed by atoms with Crippen LogP contribution in [0, 0.1) is 5.92 Å². The van der Waals surface area contributed by atoms with E-state index in [2.05, 4.69) is 27.7 Å². The van der Waals surface area contributed by atoms with Gasteiger partial charge in [-0.05, 0) is 56.0 Å². The molecule has 2 aromatic carbocycles. The van der Waals surface area contributed by atoms with Crippen LogP contribution < -0.4 is 25.0 Å². The Morgan fingerprint density at radius 2 is 1.61 bits per heavy atom. The molecule has 2 N–H and O–H groups in total. The number of methoxy groups -OCH3 is 2. The molecular formula is C27H35N5O4. The number of carbonyl (C=O) groups excluding carboxylic acids is 2. The van der Waals surface area contributed by atoms with Crippen molar-refractivity contribution in [3.63, 3.8) is 0 Å². The average Bonchev–Trinajstić information content (AvgIpc) is 3.06. The quantitative estimate of drug-likeness (QED) is 0.668. The van der Waals surface area contributed by atoms with E-state index in [1.807, 2.05) is 31.2 Å². The lowest BCUT2D eigenvalue weighted by molar-refractivity contribution is -0.125. The average molecular weight is 494 g/mol. The number of hydrazone groups is 1. The maximum atomic E-state index is 12.7. The summed E-state index contributed by atoms with van der Waals surface area (Å²) in [6.07, 6.45) is 2.29. The Kier molecular flexibility index (Phi) is 7.67. The third-order valence-electron chi connectivity index (χ3n) is 7.05. The smallest absolute Gasteiger partial charge is 0.337 e. The standard InChI is InChI=1S/C27H35N5O4/c1-17-14-20-15-23(35-4)24(36-5)16-22(20)25(30-32(17)27(34)29-3)18-6-8-21(9-7-18)31-12-10-19(11-13-31)26(33)28-2/h6-9,15-17,19H,10-14H2,1-5H3,(H,28,33)(H,29,34)/t17-/m0/s1. The zero-order valence-corrected chi connectivity index (χ0v) is 21.6. The number of rotatable bonds is 5. The molecule has 1 saturated heterocycles. The number of carbonyl (C=O) groups is 2. The third kappa shape index (κ3) is 4.96. The first-order chi connectivity index (χ1) is 17.4. The number of urea groups is 1. The van der Waals surface area contributed by atoms with Gasteiger partial charge in [0.1, 0.15) is 0 Å². The van der Waals surface area contributed by atoms with Crippen molar-refractivity contribution in [3.8, 4) is 11.5 Å². The predicted molar refractivity (Wildman–Crippen MR) is 140 cm³/mol. The van der Waals surface area contributed by atoms with Crippen LogP contribution in [0.5, 0.6) is 11.5 Å². The first-order valence-electron chi connectivity index (χ1n) is 12.3. The molecule has 0 aliphatic carbocycles. The molecule has 0 bridgehead atoms. The number of benzene rings is 2. The summed E-state index contributed by atoms with van der Waals surface area (Å²) in [6.45, 7) is 3.65. The van der Waals surface area contributed by atoms with Gasteiger partial charge in [-0.15, -0.1) is 0 Å². The molecule has 0 unspecified atom stereocenters. The summed E-state index contributed by atoms with van der Waals surface area (Å²) >= 11 is 0. The highest BCUT2D eigenvalue weighted by atomic mass is 16.5. The van der Waals surface area contributed by atoms with Crippen LogP contribution >= 0.6 is 0 Å². The lowest BCUT2D eigenvalue weighted by atomic mass is 9.93. The molecule has 9 heteroatoms. The highest BCUT2D eigenvalue weighted by Gasteiger charge is 2.29. The van der Waals surface area contributed by atoms with Crippen LogP contribution in [0.3, 0.4) is 0 Å². The fraction of sp³-hybridized carbons (Fsp3) is 0.444. The van der Waals surface area contributed by atoms with Crippen LogP contribution in [-0.2, 0) is 11.2 Å². The molecule has 192 valence electrons. The van der Waals surface area contributed by atoms with Crippen LogP contribution in [0.2, 0.25) is 0 Å². The van der Waals surface area contributed by atoms with E-state index in [0.717, 1.165) is 48.3 Å².